The number of anilines is 6. The molecule has 0 spiro atoms. The van der Waals surface area contributed by atoms with E-state index in [1.807, 2.05) is 54.8 Å². The minimum absolute atomic E-state index is 0.0158. The SMILES string of the molecule is CCCOc1cc(N=Nc2ccc(N=Nc3ccccc3)cc2S(=O)(=O)O)c(C)cc1Cc1nc(Cc2cc(C)c(N=Nc3ccc(N=Nc4ccc(S(=O)(=O)O)cc4)cc3)cc2OCCCS(=O)(=O)O)nc(N2CCN(c3nc(Nc4ccc(N=Nc5ccc(N=Nc6ccc(S(=O)(=O)O)cc6)cc5)c(C)c4)nc(Nc4ccc(N=Nc5ccc(N=Nc6ccccc6)cc5S(=O)(=O)O)c(C)c4)n3)CC2)n1. The summed E-state index contributed by atoms with van der Waals surface area (Å²) in [7, 11) is -22.9. The first-order valence-corrected chi connectivity index (χ1v) is 50.6. The molecule has 0 radical (unpaired) electrons. The molecule has 1 aliphatic heterocycles. The minimum atomic E-state index is -4.88. The number of benzene rings is 12. The predicted octanol–water partition coefficient (Wildman–Crippen LogP) is 24.0. The molecule has 0 aliphatic carbocycles. The number of aryl methyl sites for hydroxylation is 4. The highest BCUT2D eigenvalue weighted by atomic mass is 32.2. The number of rotatable bonds is 38. The van der Waals surface area contributed by atoms with Crippen molar-refractivity contribution >= 4 is 177 Å². The Morgan fingerprint density at radius 2 is 0.620 bits per heavy atom. The van der Waals surface area contributed by atoms with Crippen LogP contribution in [-0.2, 0) is 63.4 Å². The molecule has 0 saturated carbocycles. The average Bonchev–Trinajstić information content (AvgIpc) is 0.784. The molecule has 724 valence electrons. The normalized spacial score (nSPS) is 13.1. The maximum absolute atomic E-state index is 12.9. The summed E-state index contributed by atoms with van der Waals surface area (Å²) < 4.78 is 184. The van der Waals surface area contributed by atoms with Gasteiger partial charge in [-0.3, -0.25) is 22.8 Å². The molecule has 1 fully saturated rings. The van der Waals surface area contributed by atoms with E-state index in [4.69, 9.17) is 39.4 Å². The first-order valence-electron chi connectivity index (χ1n) is 43.2. The van der Waals surface area contributed by atoms with Crippen LogP contribution in [0.1, 0.15) is 64.8 Å². The Kier molecular flexibility index (Phi) is 31.6. The summed E-state index contributed by atoms with van der Waals surface area (Å²) in [4.78, 5) is 32.5. The van der Waals surface area contributed by atoms with Gasteiger partial charge in [0.05, 0.1) is 108 Å². The van der Waals surface area contributed by atoms with Crippen LogP contribution < -0.4 is 29.9 Å². The Labute approximate surface area is 814 Å². The highest BCUT2D eigenvalue weighted by Gasteiger charge is 2.28. The van der Waals surface area contributed by atoms with Crippen LogP contribution in [0.4, 0.5) is 126 Å². The molecule has 0 atom stereocenters. The third-order valence-corrected chi connectivity index (χ3v) is 25.2. The zero-order valence-electron chi connectivity index (χ0n) is 75.9. The Bertz CT molecular complexity index is 7920. The minimum Gasteiger partial charge on any atom is -0.493 e. The summed E-state index contributed by atoms with van der Waals surface area (Å²) >= 11 is 0. The summed E-state index contributed by atoms with van der Waals surface area (Å²) in [6.45, 7) is 10.3. The van der Waals surface area contributed by atoms with Gasteiger partial charge >= 0.3 is 0 Å². The Morgan fingerprint density at radius 3 is 0.986 bits per heavy atom. The summed E-state index contributed by atoms with van der Waals surface area (Å²) in [5.41, 5.74) is 9.59. The number of nitrogens with one attached hydrogen (secondary N) is 2. The number of hydrogen-bond donors (Lipinski definition) is 7. The number of aromatic nitrogens is 6. The molecule has 0 bridgehead atoms. The molecule has 15 rings (SSSR count). The van der Waals surface area contributed by atoms with Gasteiger partial charge in [-0.1, -0.05) is 43.3 Å². The Balaban J connectivity index is 0.738. The van der Waals surface area contributed by atoms with Gasteiger partial charge in [0.1, 0.15) is 44.3 Å². The molecule has 3 heterocycles. The lowest BCUT2D eigenvalue weighted by Gasteiger charge is -2.35. The van der Waals surface area contributed by atoms with E-state index in [1.54, 1.807) is 159 Å². The van der Waals surface area contributed by atoms with E-state index < -0.39 is 66.1 Å². The molecular weight excluding hydrogens is 1930 g/mol. The topological polar surface area (TPSA) is 596 Å². The fraction of sp³-hybridized carbons (Fsp3) is 0.170. The lowest BCUT2D eigenvalue weighted by Crippen LogP contribution is -2.48. The van der Waals surface area contributed by atoms with Gasteiger partial charge < -0.3 is 29.9 Å². The average molecular weight is 2010 g/mol. The Hall–Kier alpha value is -16.2. The van der Waals surface area contributed by atoms with Crippen LogP contribution in [0.3, 0.4) is 0 Å². The van der Waals surface area contributed by atoms with Crippen molar-refractivity contribution in [3.63, 3.8) is 0 Å². The third kappa shape index (κ3) is 28.1. The molecule has 1 aliphatic rings. The molecule has 7 N–H and O–H groups in total. The number of azo groups is 8. The fourth-order valence-corrected chi connectivity index (χ4v) is 16.5. The second kappa shape index (κ2) is 44.7. The molecule has 12 aromatic carbocycles. The smallest absolute Gasteiger partial charge is 0.296 e. The van der Waals surface area contributed by atoms with Gasteiger partial charge in [-0.05, 0) is 269 Å². The van der Waals surface area contributed by atoms with Crippen LogP contribution in [0.25, 0.3) is 0 Å². The van der Waals surface area contributed by atoms with Gasteiger partial charge in [0.15, 0.2) is 0 Å². The summed E-state index contributed by atoms with van der Waals surface area (Å²) in [6, 6.07) is 66.6. The maximum atomic E-state index is 12.9. The van der Waals surface area contributed by atoms with Gasteiger partial charge in [-0.25, -0.2) is 4.98 Å². The molecule has 1 saturated heterocycles. The van der Waals surface area contributed by atoms with Crippen molar-refractivity contribution in [2.24, 2.45) is 81.8 Å². The number of ether oxygens (including phenoxy) is 2. The quantitative estimate of drug-likeness (QED) is 0.0107. The molecule has 142 heavy (non-hydrogen) atoms. The third-order valence-electron chi connectivity index (χ3n) is 20.9. The largest absolute Gasteiger partial charge is 0.493 e. The van der Waals surface area contributed by atoms with Crippen LogP contribution in [0.2, 0.25) is 0 Å². The molecule has 43 nitrogen and oxygen atoms in total. The van der Waals surface area contributed by atoms with Gasteiger partial charge in [-0.2, -0.15) is 139 Å². The molecule has 48 heteroatoms. The second-order valence-electron chi connectivity index (χ2n) is 31.7. The van der Waals surface area contributed by atoms with Crippen LogP contribution in [0.5, 0.6) is 11.5 Å². The maximum Gasteiger partial charge on any atom is 0.296 e. The van der Waals surface area contributed by atoms with Crippen molar-refractivity contribution < 1.29 is 74.3 Å². The first kappa shape index (κ1) is 100. The highest BCUT2D eigenvalue weighted by molar-refractivity contribution is 7.87. The van der Waals surface area contributed by atoms with Crippen molar-refractivity contribution in [1.29, 1.82) is 0 Å². The number of piperazine rings is 1. The van der Waals surface area contributed by atoms with Crippen LogP contribution in [0.15, 0.2) is 356 Å². The van der Waals surface area contributed by atoms with E-state index in [2.05, 4.69) is 92.5 Å². The highest BCUT2D eigenvalue weighted by Crippen LogP contribution is 2.41. The van der Waals surface area contributed by atoms with E-state index in [-0.39, 0.29) is 138 Å². The predicted molar refractivity (Wildman–Crippen MR) is 527 cm³/mol. The molecular formula is C94H86N26O17S5. The second-order valence-corrected chi connectivity index (χ2v) is 38.9. The van der Waals surface area contributed by atoms with E-state index in [0.29, 0.717) is 119 Å². The number of nitrogens with zero attached hydrogens (tertiary/aromatic N) is 24. The molecule has 2 aromatic heterocycles. The monoisotopic (exact) mass is 2010 g/mol. The van der Waals surface area contributed by atoms with E-state index in [0.717, 1.165) is 12.1 Å². The molecule has 14 aromatic rings. The van der Waals surface area contributed by atoms with E-state index in [1.165, 1.54) is 72.8 Å². The van der Waals surface area contributed by atoms with Crippen molar-refractivity contribution in [1.82, 2.24) is 29.9 Å². The summed E-state index contributed by atoms with van der Waals surface area (Å²) in [6.07, 6.45) is 0.493. The van der Waals surface area contributed by atoms with Crippen LogP contribution in [0, 0.1) is 27.7 Å². The first-order chi connectivity index (χ1) is 68.0. The summed E-state index contributed by atoms with van der Waals surface area (Å²) in [5, 5.41) is 75.5. The van der Waals surface area contributed by atoms with Crippen LogP contribution in [-0.4, -0.2) is 140 Å². The van der Waals surface area contributed by atoms with E-state index in [9.17, 15) is 64.9 Å². The van der Waals surface area contributed by atoms with Gasteiger partial charge in [0, 0.05) is 73.7 Å². The van der Waals surface area contributed by atoms with Crippen molar-refractivity contribution in [2.75, 3.05) is 65.6 Å². The van der Waals surface area contributed by atoms with Gasteiger partial charge in [0.25, 0.3) is 50.6 Å². The van der Waals surface area contributed by atoms with E-state index >= 15 is 0 Å². The standard InChI is InChI=1S/C94H86N26O17S5/c1-6-46-136-85-58-84(118-116-82-41-33-76(56-88(82)142(133,134)135)112-104-66-16-11-8-12-17-66)60(3)50-63(85)53-89-97-90(54-64-49-59(2)83(57-86(64)137-47-13-48-138(121,122)123)117-110-70-24-20-68(21-25-70)106-108-72-28-36-78(37-29-72)140(127,128)129)99-93(98-89)119-42-44-120(45-43-119)94-101-91(95-73-30-38-79(61(4)51-73)113-109-69-22-18-67(19-23-69)105-107-71-26-34-77(35-27-71)139(124,125)126)100-92(102-94)96-74-31-39-80(62(5)52-74)114-115-81-40-32-75(55-87(81)141(130,131)132)111-103-65-14-9-7-10-15-65/h7-12,14-41,49-52,55-58H,6,13,42-48,53-54H2,1-5H3,(H,121,122,123)(H,124,125,126)(H,127,128,129)(H,130,131,132)(H,133,134,135)(H2,95,96,100,101,102). The van der Waals surface area contributed by atoms with Crippen LogP contribution >= 0.6 is 0 Å². The van der Waals surface area contributed by atoms with Crippen molar-refractivity contribution in [3.05, 3.63) is 300 Å². The lowest BCUT2D eigenvalue weighted by atomic mass is 10.0. The zero-order valence-corrected chi connectivity index (χ0v) is 80.0. The van der Waals surface area contributed by atoms with Gasteiger partial charge in [0.2, 0.25) is 23.8 Å². The Morgan fingerprint density at radius 1 is 0.310 bits per heavy atom. The fourth-order valence-electron chi connectivity index (χ4n) is 13.8. The van der Waals surface area contributed by atoms with Gasteiger partial charge in [-0.15, -0.1) is 10.2 Å². The van der Waals surface area contributed by atoms with Crippen molar-refractivity contribution in [3.8, 4) is 11.5 Å². The molecule has 0 unspecified atom stereocenters. The summed E-state index contributed by atoms with van der Waals surface area (Å²) in [5.74, 6) is 1.27. The molecule has 0 amide bonds. The van der Waals surface area contributed by atoms with Crippen molar-refractivity contribution in [2.45, 2.75) is 79.9 Å². The number of hydrogen-bond acceptors (Lipinski definition) is 38. The zero-order chi connectivity index (χ0) is 100. The lowest BCUT2D eigenvalue weighted by molar-refractivity contribution is 0.313.